The number of allylic oxidation sites excluding steroid dienone is 3. The number of nitrogens with two attached hydrogens (primary N) is 1. The largest absolute Gasteiger partial charge is 0.384 e. The van der Waals surface area contributed by atoms with Crippen LogP contribution in [0.15, 0.2) is 67.3 Å². The molecule has 27 heavy (non-hydrogen) atoms. The van der Waals surface area contributed by atoms with Crippen molar-refractivity contribution < 1.29 is 4.79 Å². The molecule has 2 aliphatic rings. The lowest BCUT2D eigenvalue weighted by molar-refractivity contribution is -0.116. The Hall–Kier alpha value is -1.88. The minimum atomic E-state index is -0.391. The van der Waals surface area contributed by atoms with Crippen molar-refractivity contribution in [3.05, 3.63) is 72.2 Å². The van der Waals surface area contributed by atoms with Gasteiger partial charge in [-0.25, -0.2) is 0 Å². The maximum absolute atomic E-state index is 13.0. The van der Waals surface area contributed by atoms with E-state index in [2.05, 4.69) is 37.9 Å². The minimum absolute atomic E-state index is 0.103. The lowest BCUT2D eigenvalue weighted by atomic mass is 9.78. The Bertz CT molecular complexity index is 1050. The molecular formula is C20H15Br2N3OS. The van der Waals surface area contributed by atoms with Crippen LogP contribution in [0.2, 0.25) is 0 Å². The van der Waals surface area contributed by atoms with E-state index in [9.17, 15) is 10.1 Å². The van der Waals surface area contributed by atoms with Gasteiger partial charge in [-0.1, -0.05) is 22.0 Å². The van der Waals surface area contributed by atoms with E-state index < -0.39 is 5.92 Å². The van der Waals surface area contributed by atoms with Crippen molar-refractivity contribution in [2.75, 3.05) is 4.90 Å². The van der Waals surface area contributed by atoms with Gasteiger partial charge in [0.1, 0.15) is 5.82 Å². The van der Waals surface area contributed by atoms with E-state index in [0.717, 1.165) is 37.4 Å². The first-order valence-electron chi connectivity index (χ1n) is 8.48. The van der Waals surface area contributed by atoms with Gasteiger partial charge < -0.3 is 5.73 Å². The number of thiophene rings is 1. The van der Waals surface area contributed by atoms with E-state index in [1.807, 2.05) is 41.3 Å². The van der Waals surface area contributed by atoms with Gasteiger partial charge in [-0.05, 0) is 59.1 Å². The Labute approximate surface area is 178 Å². The van der Waals surface area contributed by atoms with Crippen molar-refractivity contribution in [2.45, 2.75) is 25.2 Å². The summed E-state index contributed by atoms with van der Waals surface area (Å²) < 4.78 is 1.88. The van der Waals surface area contributed by atoms with Crippen molar-refractivity contribution in [3.63, 3.8) is 0 Å². The van der Waals surface area contributed by atoms with Crippen LogP contribution in [0, 0.1) is 11.3 Å². The number of carbonyl (C=O) groups is 1. The Morgan fingerprint density at radius 2 is 2.04 bits per heavy atom. The van der Waals surface area contributed by atoms with Gasteiger partial charge >= 0.3 is 0 Å². The quantitative estimate of drug-likeness (QED) is 0.579. The maximum atomic E-state index is 13.0. The lowest BCUT2D eigenvalue weighted by Gasteiger charge is -2.39. The SMILES string of the molecule is N#CC1=C(N)N(c2cccc(Br)c2)C2=C(C(=O)CCC2)C1c1ccc(Br)s1. The van der Waals surface area contributed by atoms with Crippen molar-refractivity contribution in [1.82, 2.24) is 0 Å². The summed E-state index contributed by atoms with van der Waals surface area (Å²) in [6, 6.07) is 13.9. The van der Waals surface area contributed by atoms with Crippen molar-refractivity contribution in [3.8, 4) is 6.07 Å². The fraction of sp³-hybridized carbons (Fsp3) is 0.200. The van der Waals surface area contributed by atoms with E-state index in [0.29, 0.717) is 23.4 Å². The molecule has 0 radical (unpaired) electrons. The third-order valence-electron chi connectivity index (χ3n) is 4.86. The molecule has 1 aliphatic heterocycles. The van der Waals surface area contributed by atoms with E-state index in [1.54, 1.807) is 0 Å². The number of carbonyl (C=O) groups excluding carboxylic acids is 1. The Balaban J connectivity index is 1.97. The standard InChI is InChI=1S/C20H15Br2N3OS/c21-11-3-1-4-12(9-11)25-14-5-2-6-15(26)19(14)18(13(10-23)20(25)24)16-7-8-17(22)27-16/h1,3-4,7-9,18H,2,5-6,24H2. The average Bonchev–Trinajstić information content (AvgIpc) is 3.07. The van der Waals surface area contributed by atoms with Crippen LogP contribution in [-0.2, 0) is 4.79 Å². The summed E-state index contributed by atoms with van der Waals surface area (Å²) in [6.45, 7) is 0. The summed E-state index contributed by atoms with van der Waals surface area (Å²) in [6.07, 6.45) is 2.06. The van der Waals surface area contributed by atoms with Crippen LogP contribution in [-0.4, -0.2) is 5.78 Å². The lowest BCUT2D eigenvalue weighted by Crippen LogP contribution is -2.38. The molecule has 1 aliphatic carbocycles. The topological polar surface area (TPSA) is 70.1 Å². The highest BCUT2D eigenvalue weighted by molar-refractivity contribution is 9.11. The summed E-state index contributed by atoms with van der Waals surface area (Å²) >= 11 is 8.52. The molecule has 2 aromatic rings. The van der Waals surface area contributed by atoms with Gasteiger partial charge in [0.05, 0.1) is 21.3 Å². The fourth-order valence-corrected chi connectivity index (χ4v) is 5.70. The molecule has 2 heterocycles. The molecule has 0 saturated heterocycles. The normalized spacial score (nSPS) is 20.0. The molecule has 0 saturated carbocycles. The van der Waals surface area contributed by atoms with Gasteiger partial charge in [0.15, 0.2) is 5.78 Å². The first-order chi connectivity index (χ1) is 13.0. The van der Waals surface area contributed by atoms with E-state index in [4.69, 9.17) is 5.73 Å². The molecule has 1 unspecified atom stereocenters. The number of hydrogen-bond donors (Lipinski definition) is 1. The van der Waals surface area contributed by atoms with E-state index in [1.165, 1.54) is 11.3 Å². The van der Waals surface area contributed by atoms with Gasteiger partial charge in [0, 0.05) is 32.7 Å². The molecule has 0 amide bonds. The molecule has 0 fully saturated rings. The highest BCUT2D eigenvalue weighted by Crippen LogP contribution is 2.48. The third-order valence-corrected chi connectivity index (χ3v) is 7.04. The van der Waals surface area contributed by atoms with Crippen molar-refractivity contribution >= 4 is 54.7 Å². The second-order valence-corrected chi connectivity index (χ2v) is 9.85. The number of halogens is 2. The monoisotopic (exact) mass is 503 g/mol. The average molecular weight is 505 g/mol. The van der Waals surface area contributed by atoms with Gasteiger partial charge in [0.25, 0.3) is 0 Å². The molecule has 4 nitrogen and oxygen atoms in total. The van der Waals surface area contributed by atoms with Crippen LogP contribution in [0.4, 0.5) is 5.69 Å². The summed E-state index contributed by atoms with van der Waals surface area (Å²) in [5, 5.41) is 9.93. The first kappa shape index (κ1) is 18.5. The van der Waals surface area contributed by atoms with Crippen LogP contribution in [0.1, 0.15) is 30.1 Å². The molecule has 7 heteroatoms. The van der Waals surface area contributed by atoms with Crippen molar-refractivity contribution in [2.24, 2.45) is 5.73 Å². The Kier molecular flexibility index (Phi) is 4.97. The molecule has 136 valence electrons. The predicted octanol–water partition coefficient (Wildman–Crippen LogP) is 5.58. The summed E-state index contributed by atoms with van der Waals surface area (Å²) in [5.41, 5.74) is 9.42. The zero-order valence-corrected chi connectivity index (χ0v) is 18.2. The molecule has 4 rings (SSSR count). The van der Waals surface area contributed by atoms with Crippen LogP contribution in [0.5, 0.6) is 0 Å². The number of nitrogens with zero attached hydrogens (tertiary/aromatic N) is 2. The van der Waals surface area contributed by atoms with Gasteiger partial charge in [-0.15, -0.1) is 11.3 Å². The van der Waals surface area contributed by atoms with Crippen LogP contribution in [0.25, 0.3) is 0 Å². The minimum Gasteiger partial charge on any atom is -0.384 e. The Morgan fingerprint density at radius 3 is 2.70 bits per heavy atom. The number of benzene rings is 1. The highest BCUT2D eigenvalue weighted by Gasteiger charge is 2.40. The van der Waals surface area contributed by atoms with Gasteiger partial charge in [0.2, 0.25) is 0 Å². The van der Waals surface area contributed by atoms with Gasteiger partial charge in [-0.2, -0.15) is 5.26 Å². The molecule has 2 N–H and O–H groups in total. The number of nitriles is 1. The van der Waals surface area contributed by atoms with E-state index >= 15 is 0 Å². The second kappa shape index (κ2) is 7.27. The first-order valence-corrected chi connectivity index (χ1v) is 10.9. The Morgan fingerprint density at radius 1 is 1.22 bits per heavy atom. The molecule has 1 aromatic carbocycles. The number of rotatable bonds is 2. The zero-order chi connectivity index (χ0) is 19.1. The smallest absolute Gasteiger partial charge is 0.161 e. The predicted molar refractivity (Wildman–Crippen MR) is 114 cm³/mol. The number of ketones is 1. The van der Waals surface area contributed by atoms with Crippen LogP contribution in [0.3, 0.4) is 0 Å². The van der Waals surface area contributed by atoms with Crippen LogP contribution < -0.4 is 10.6 Å². The van der Waals surface area contributed by atoms with Crippen LogP contribution >= 0.6 is 43.2 Å². The third kappa shape index (κ3) is 3.16. The maximum Gasteiger partial charge on any atom is 0.161 e. The molecule has 0 spiro atoms. The fourth-order valence-electron chi connectivity index (χ4n) is 3.76. The van der Waals surface area contributed by atoms with Gasteiger partial charge in [-0.3, -0.25) is 9.69 Å². The zero-order valence-electron chi connectivity index (χ0n) is 14.2. The van der Waals surface area contributed by atoms with Crippen molar-refractivity contribution in [1.29, 1.82) is 5.26 Å². The van der Waals surface area contributed by atoms with E-state index in [-0.39, 0.29) is 5.78 Å². The number of hydrogen-bond acceptors (Lipinski definition) is 5. The molecule has 1 atom stereocenters. The molecular weight excluding hydrogens is 490 g/mol. The number of anilines is 1. The summed E-state index contributed by atoms with van der Waals surface area (Å²) in [7, 11) is 0. The molecule has 0 bridgehead atoms. The number of Topliss-reactive ketones (excluding diaryl/α,β-unsaturated/α-hetero) is 1. The highest BCUT2D eigenvalue weighted by atomic mass is 79.9. The summed E-state index contributed by atoms with van der Waals surface area (Å²) in [4.78, 5) is 15.8. The molecule has 1 aromatic heterocycles. The second-order valence-electron chi connectivity index (χ2n) is 6.44. The summed E-state index contributed by atoms with van der Waals surface area (Å²) in [5.74, 6) is 0.113.